The van der Waals surface area contributed by atoms with E-state index >= 15 is 0 Å². The molecule has 0 aliphatic carbocycles. The van der Waals surface area contributed by atoms with Crippen LogP contribution in [0.25, 0.3) is 0 Å². The Morgan fingerprint density at radius 1 is 1.20 bits per heavy atom. The van der Waals surface area contributed by atoms with E-state index in [4.69, 9.17) is 4.74 Å². The number of Topliss-reactive ketones (excluding diaryl/α,β-unsaturated/α-hetero) is 1. The molecule has 0 aromatic rings. The minimum absolute atomic E-state index is 0.190. The van der Waals surface area contributed by atoms with E-state index in [1.54, 1.807) is 6.92 Å². The zero-order valence-electron chi connectivity index (χ0n) is 8.68. The molecule has 3 atom stereocenters. The van der Waals surface area contributed by atoms with E-state index < -0.39 is 24.0 Å². The molecule has 2 N–H and O–H groups in total. The Bertz CT molecular complexity index is 250. The first kappa shape index (κ1) is 12.1. The summed E-state index contributed by atoms with van der Waals surface area (Å²) in [5, 5.41) is 18.9. The number of rotatable bonds is 0. The lowest BCUT2D eigenvalue weighted by Gasteiger charge is -2.21. The number of hydrogen-bond acceptors (Lipinski definition) is 5. The maximum absolute atomic E-state index is 11.2. The van der Waals surface area contributed by atoms with Crippen LogP contribution in [-0.2, 0) is 14.3 Å². The molecular formula is C10H16O5. The largest absolute Gasteiger partial charge is 0.462 e. The van der Waals surface area contributed by atoms with Gasteiger partial charge in [0.25, 0.3) is 0 Å². The first-order chi connectivity index (χ1) is 6.99. The lowest BCUT2D eigenvalue weighted by atomic mass is 10.00. The summed E-state index contributed by atoms with van der Waals surface area (Å²) in [7, 11) is 0. The van der Waals surface area contributed by atoms with Crippen LogP contribution in [0.15, 0.2) is 0 Å². The fourth-order valence-corrected chi connectivity index (χ4v) is 1.53. The molecule has 0 aromatic carbocycles. The molecule has 5 nitrogen and oxygen atoms in total. The van der Waals surface area contributed by atoms with Crippen molar-refractivity contribution in [2.75, 3.05) is 0 Å². The van der Waals surface area contributed by atoms with E-state index in [2.05, 4.69) is 0 Å². The van der Waals surface area contributed by atoms with Crippen molar-refractivity contribution in [3.05, 3.63) is 0 Å². The SMILES string of the molecule is CC1CCC(O)C(O)CC(=O)CC(=O)O1. The molecule has 0 bridgehead atoms. The highest BCUT2D eigenvalue weighted by Crippen LogP contribution is 2.14. The van der Waals surface area contributed by atoms with Gasteiger partial charge in [0.05, 0.1) is 18.3 Å². The summed E-state index contributed by atoms with van der Waals surface area (Å²) in [6, 6.07) is 0. The Morgan fingerprint density at radius 3 is 2.53 bits per heavy atom. The molecule has 0 aromatic heterocycles. The van der Waals surface area contributed by atoms with Gasteiger partial charge in [-0.25, -0.2) is 0 Å². The molecule has 0 saturated carbocycles. The van der Waals surface area contributed by atoms with Gasteiger partial charge in [-0.2, -0.15) is 0 Å². The average Bonchev–Trinajstić information content (AvgIpc) is 2.12. The van der Waals surface area contributed by atoms with E-state index in [0.29, 0.717) is 12.8 Å². The van der Waals surface area contributed by atoms with E-state index in [1.165, 1.54) is 0 Å². The molecule has 0 radical (unpaired) electrons. The highest BCUT2D eigenvalue weighted by atomic mass is 16.5. The molecule has 1 saturated heterocycles. The van der Waals surface area contributed by atoms with Gasteiger partial charge in [0.2, 0.25) is 0 Å². The van der Waals surface area contributed by atoms with Crippen molar-refractivity contribution >= 4 is 11.8 Å². The topological polar surface area (TPSA) is 83.8 Å². The van der Waals surface area contributed by atoms with Crippen molar-refractivity contribution < 1.29 is 24.5 Å². The van der Waals surface area contributed by atoms with E-state index in [0.717, 1.165) is 0 Å². The summed E-state index contributed by atoms with van der Waals surface area (Å²) in [5.74, 6) is -0.961. The van der Waals surface area contributed by atoms with Gasteiger partial charge in [0.15, 0.2) is 0 Å². The minimum atomic E-state index is -1.07. The van der Waals surface area contributed by atoms with Gasteiger partial charge < -0.3 is 14.9 Å². The van der Waals surface area contributed by atoms with Crippen LogP contribution in [0.5, 0.6) is 0 Å². The van der Waals surface area contributed by atoms with Gasteiger partial charge in [-0.15, -0.1) is 0 Å². The van der Waals surface area contributed by atoms with Crippen LogP contribution in [0.2, 0.25) is 0 Å². The van der Waals surface area contributed by atoms with Gasteiger partial charge in [0.1, 0.15) is 12.2 Å². The summed E-state index contributed by atoms with van der Waals surface area (Å²) in [4.78, 5) is 22.3. The third-order valence-electron chi connectivity index (χ3n) is 2.42. The number of ketones is 1. The predicted octanol–water partition coefficient (Wildman–Crippen LogP) is -0.217. The molecule has 5 heteroatoms. The molecule has 1 rings (SSSR count). The summed E-state index contributed by atoms with van der Waals surface area (Å²) >= 11 is 0. The van der Waals surface area contributed by atoms with Crippen molar-refractivity contribution in [2.45, 2.75) is 50.9 Å². The Labute approximate surface area is 88.0 Å². The molecule has 1 aliphatic rings. The fourth-order valence-electron chi connectivity index (χ4n) is 1.53. The molecule has 0 amide bonds. The van der Waals surface area contributed by atoms with Crippen LogP contribution < -0.4 is 0 Å². The number of aliphatic hydroxyl groups is 2. The van der Waals surface area contributed by atoms with Crippen LogP contribution >= 0.6 is 0 Å². The quantitative estimate of drug-likeness (QED) is 0.432. The zero-order chi connectivity index (χ0) is 11.4. The van der Waals surface area contributed by atoms with Crippen LogP contribution in [-0.4, -0.2) is 40.3 Å². The maximum Gasteiger partial charge on any atom is 0.313 e. The average molecular weight is 216 g/mol. The summed E-state index contributed by atoms with van der Waals surface area (Å²) in [5.41, 5.74) is 0. The summed E-state index contributed by atoms with van der Waals surface area (Å²) in [6.45, 7) is 1.70. The second-order valence-electron chi connectivity index (χ2n) is 3.93. The second kappa shape index (κ2) is 5.23. The van der Waals surface area contributed by atoms with Crippen molar-refractivity contribution in [3.63, 3.8) is 0 Å². The highest BCUT2D eigenvalue weighted by molar-refractivity contribution is 5.95. The maximum atomic E-state index is 11.2. The van der Waals surface area contributed by atoms with Crippen molar-refractivity contribution in [1.29, 1.82) is 0 Å². The Morgan fingerprint density at radius 2 is 1.87 bits per heavy atom. The number of aliphatic hydroxyl groups excluding tert-OH is 2. The van der Waals surface area contributed by atoms with Crippen molar-refractivity contribution in [3.8, 4) is 0 Å². The lowest BCUT2D eigenvalue weighted by molar-refractivity contribution is -0.152. The molecule has 15 heavy (non-hydrogen) atoms. The van der Waals surface area contributed by atoms with Gasteiger partial charge >= 0.3 is 5.97 Å². The van der Waals surface area contributed by atoms with E-state index in [-0.39, 0.29) is 18.9 Å². The number of hydrogen-bond donors (Lipinski definition) is 2. The monoisotopic (exact) mass is 216 g/mol. The van der Waals surface area contributed by atoms with Crippen molar-refractivity contribution in [2.24, 2.45) is 0 Å². The smallest absolute Gasteiger partial charge is 0.313 e. The number of esters is 1. The number of cyclic esters (lactones) is 1. The molecule has 1 fully saturated rings. The molecule has 0 spiro atoms. The van der Waals surface area contributed by atoms with E-state index in [1.807, 2.05) is 0 Å². The van der Waals surface area contributed by atoms with Crippen LogP contribution in [0.4, 0.5) is 0 Å². The predicted molar refractivity (Wildman–Crippen MR) is 51.0 cm³/mol. The first-order valence-electron chi connectivity index (χ1n) is 5.06. The van der Waals surface area contributed by atoms with Crippen LogP contribution in [0.1, 0.15) is 32.6 Å². The number of ether oxygens (including phenoxy) is 1. The molecular weight excluding hydrogens is 200 g/mol. The Kier molecular flexibility index (Phi) is 4.23. The Balaban J connectivity index is 2.63. The van der Waals surface area contributed by atoms with Crippen molar-refractivity contribution in [1.82, 2.24) is 0 Å². The number of carbonyl (C=O) groups excluding carboxylic acids is 2. The number of carbonyl (C=O) groups is 2. The van der Waals surface area contributed by atoms with Gasteiger partial charge in [0, 0.05) is 6.42 Å². The summed E-state index contributed by atoms with van der Waals surface area (Å²) < 4.78 is 4.93. The van der Waals surface area contributed by atoms with Gasteiger partial charge in [-0.1, -0.05) is 0 Å². The third-order valence-corrected chi connectivity index (χ3v) is 2.42. The second-order valence-corrected chi connectivity index (χ2v) is 3.93. The lowest BCUT2D eigenvalue weighted by Crippen LogP contribution is -2.32. The molecule has 1 heterocycles. The fraction of sp³-hybridized carbons (Fsp3) is 0.800. The summed E-state index contributed by atoms with van der Waals surface area (Å²) in [6.07, 6.45) is -2.03. The Hall–Kier alpha value is -0.940. The van der Waals surface area contributed by atoms with E-state index in [9.17, 15) is 19.8 Å². The third kappa shape index (κ3) is 3.97. The minimum Gasteiger partial charge on any atom is -0.462 e. The zero-order valence-corrected chi connectivity index (χ0v) is 8.68. The highest BCUT2D eigenvalue weighted by Gasteiger charge is 2.25. The van der Waals surface area contributed by atoms with Gasteiger partial charge in [-0.3, -0.25) is 9.59 Å². The van der Waals surface area contributed by atoms with Crippen LogP contribution in [0, 0.1) is 0 Å². The molecule has 86 valence electrons. The van der Waals surface area contributed by atoms with Gasteiger partial charge in [-0.05, 0) is 19.8 Å². The normalized spacial score (nSPS) is 34.7. The molecule has 3 unspecified atom stereocenters. The first-order valence-corrected chi connectivity index (χ1v) is 5.06. The van der Waals surface area contributed by atoms with Crippen LogP contribution in [0.3, 0.4) is 0 Å². The standard InChI is InChI=1S/C10H16O5/c1-6-2-3-8(12)9(13)4-7(11)5-10(14)15-6/h6,8-9,12-13H,2-5H2,1H3. The molecule has 1 aliphatic heterocycles.